The first kappa shape index (κ1) is 18.0. The Morgan fingerprint density at radius 2 is 2.23 bits per heavy atom. The van der Waals surface area contributed by atoms with Crippen LogP contribution in [0.3, 0.4) is 0 Å². The van der Waals surface area contributed by atoms with Gasteiger partial charge in [-0.1, -0.05) is 6.07 Å². The van der Waals surface area contributed by atoms with Crippen LogP contribution >= 0.6 is 0 Å². The maximum atomic E-state index is 11.0. The average molecular weight is 354 g/mol. The molecule has 0 spiro atoms. The van der Waals surface area contributed by atoms with E-state index in [9.17, 15) is 4.79 Å². The number of hydrogen-bond acceptors (Lipinski definition) is 7. The molecule has 0 bridgehead atoms. The SMILES string of the molecule is O=C(C=Cc1cnc(N[C@@H]2CCCN(Cc3ccccn3)C2)cn1)NO. The van der Waals surface area contributed by atoms with Gasteiger partial charge in [0.1, 0.15) is 5.82 Å². The number of nitrogens with zero attached hydrogens (tertiary/aromatic N) is 4. The summed E-state index contributed by atoms with van der Waals surface area (Å²) in [4.78, 5) is 26.3. The molecule has 1 atom stereocenters. The van der Waals surface area contributed by atoms with Crippen molar-refractivity contribution in [3.05, 3.63) is 54.3 Å². The van der Waals surface area contributed by atoms with Crippen molar-refractivity contribution in [2.24, 2.45) is 0 Å². The van der Waals surface area contributed by atoms with Gasteiger partial charge < -0.3 is 5.32 Å². The Bertz CT molecular complexity index is 735. The molecule has 1 fully saturated rings. The standard InChI is InChI=1S/C18H22N6O2/c25-18(23-26)7-6-14-10-21-17(11-20-14)22-16-5-3-9-24(13-16)12-15-4-1-2-8-19-15/h1-2,4,6-8,10-11,16,26H,3,5,9,12-13H2,(H,21,22)(H,23,25)/t16-/m1/s1. The molecule has 8 nitrogen and oxygen atoms in total. The van der Waals surface area contributed by atoms with Gasteiger partial charge in [-0.2, -0.15) is 0 Å². The van der Waals surface area contributed by atoms with Crippen molar-refractivity contribution in [1.29, 1.82) is 0 Å². The Labute approximate surface area is 152 Å². The molecule has 2 aromatic heterocycles. The predicted molar refractivity (Wildman–Crippen MR) is 97.2 cm³/mol. The summed E-state index contributed by atoms with van der Waals surface area (Å²) in [7, 11) is 0. The van der Waals surface area contributed by atoms with E-state index in [0.717, 1.165) is 38.2 Å². The summed E-state index contributed by atoms with van der Waals surface area (Å²) in [6, 6.07) is 6.30. The third-order valence-corrected chi connectivity index (χ3v) is 4.16. The van der Waals surface area contributed by atoms with Gasteiger partial charge in [0.25, 0.3) is 5.91 Å². The molecule has 1 amide bonds. The second-order valence-corrected chi connectivity index (χ2v) is 6.18. The fraction of sp³-hybridized carbons (Fsp3) is 0.333. The van der Waals surface area contributed by atoms with Crippen molar-refractivity contribution in [2.75, 3.05) is 18.4 Å². The van der Waals surface area contributed by atoms with Crippen LogP contribution in [-0.4, -0.2) is 50.1 Å². The summed E-state index contributed by atoms with van der Waals surface area (Å²) in [6.07, 6.45) is 9.93. The minimum Gasteiger partial charge on any atom is -0.365 e. The molecule has 0 aliphatic carbocycles. The van der Waals surface area contributed by atoms with Gasteiger partial charge in [0, 0.05) is 31.4 Å². The number of anilines is 1. The van der Waals surface area contributed by atoms with E-state index in [0.29, 0.717) is 17.6 Å². The number of nitrogens with one attached hydrogen (secondary N) is 2. The van der Waals surface area contributed by atoms with Gasteiger partial charge in [-0.05, 0) is 37.6 Å². The van der Waals surface area contributed by atoms with Crippen molar-refractivity contribution in [3.63, 3.8) is 0 Å². The van der Waals surface area contributed by atoms with Crippen LogP contribution in [0.2, 0.25) is 0 Å². The van der Waals surface area contributed by atoms with Crippen LogP contribution in [-0.2, 0) is 11.3 Å². The zero-order chi connectivity index (χ0) is 18.2. The lowest BCUT2D eigenvalue weighted by Gasteiger charge is -2.33. The van der Waals surface area contributed by atoms with Gasteiger partial charge in [0.15, 0.2) is 0 Å². The summed E-state index contributed by atoms with van der Waals surface area (Å²) >= 11 is 0. The third-order valence-electron chi connectivity index (χ3n) is 4.16. The molecule has 3 heterocycles. The number of hydrogen-bond donors (Lipinski definition) is 3. The molecular formula is C18H22N6O2. The second kappa shape index (κ2) is 9.02. The molecule has 1 saturated heterocycles. The van der Waals surface area contributed by atoms with E-state index in [2.05, 4.69) is 25.2 Å². The summed E-state index contributed by atoms with van der Waals surface area (Å²) in [5.74, 6) is 0.0997. The van der Waals surface area contributed by atoms with Crippen LogP contribution in [0.25, 0.3) is 6.08 Å². The monoisotopic (exact) mass is 354 g/mol. The number of piperidine rings is 1. The predicted octanol–water partition coefficient (Wildman–Crippen LogP) is 1.47. The van der Waals surface area contributed by atoms with E-state index in [1.165, 1.54) is 17.6 Å². The first-order valence-corrected chi connectivity index (χ1v) is 8.56. The van der Waals surface area contributed by atoms with Crippen LogP contribution in [0, 0.1) is 0 Å². The Morgan fingerprint density at radius 1 is 1.31 bits per heavy atom. The highest BCUT2D eigenvalue weighted by molar-refractivity contribution is 5.90. The van der Waals surface area contributed by atoms with Gasteiger partial charge in [0.05, 0.1) is 23.8 Å². The van der Waals surface area contributed by atoms with Crippen molar-refractivity contribution >= 4 is 17.8 Å². The number of pyridine rings is 1. The minimum absolute atomic E-state index is 0.309. The molecule has 0 radical (unpaired) electrons. The lowest BCUT2D eigenvalue weighted by atomic mass is 10.1. The minimum atomic E-state index is -0.607. The number of likely N-dealkylation sites (tertiary alicyclic amines) is 1. The van der Waals surface area contributed by atoms with Crippen LogP contribution < -0.4 is 10.8 Å². The van der Waals surface area contributed by atoms with Crippen LogP contribution in [0.5, 0.6) is 0 Å². The van der Waals surface area contributed by atoms with E-state index < -0.39 is 5.91 Å². The van der Waals surface area contributed by atoms with E-state index in [1.807, 2.05) is 24.4 Å². The molecular weight excluding hydrogens is 332 g/mol. The summed E-state index contributed by atoms with van der Waals surface area (Å²) in [6.45, 7) is 2.84. The van der Waals surface area contributed by atoms with Crippen LogP contribution in [0.1, 0.15) is 24.2 Å². The topological polar surface area (TPSA) is 103 Å². The Kier molecular flexibility index (Phi) is 6.24. The molecule has 3 N–H and O–H groups in total. The lowest BCUT2D eigenvalue weighted by Crippen LogP contribution is -2.41. The van der Waals surface area contributed by atoms with Gasteiger partial charge in [-0.25, -0.2) is 10.5 Å². The van der Waals surface area contributed by atoms with E-state index in [4.69, 9.17) is 5.21 Å². The number of carbonyl (C=O) groups is 1. The number of aromatic nitrogens is 3. The summed E-state index contributed by atoms with van der Waals surface area (Å²) in [5.41, 5.74) is 3.15. The smallest absolute Gasteiger partial charge is 0.267 e. The third kappa shape index (κ3) is 5.33. The van der Waals surface area contributed by atoms with E-state index >= 15 is 0 Å². The maximum absolute atomic E-state index is 11.0. The van der Waals surface area contributed by atoms with Gasteiger partial charge in [0.2, 0.25) is 0 Å². The molecule has 0 saturated carbocycles. The number of amides is 1. The molecule has 8 heteroatoms. The van der Waals surface area contributed by atoms with Crippen molar-refractivity contribution in [3.8, 4) is 0 Å². The largest absolute Gasteiger partial charge is 0.365 e. The zero-order valence-electron chi connectivity index (χ0n) is 14.4. The first-order chi connectivity index (χ1) is 12.7. The van der Waals surface area contributed by atoms with Crippen LogP contribution in [0.4, 0.5) is 5.82 Å². The van der Waals surface area contributed by atoms with Crippen molar-refractivity contribution < 1.29 is 10.0 Å². The van der Waals surface area contributed by atoms with Crippen molar-refractivity contribution in [1.82, 2.24) is 25.3 Å². The second-order valence-electron chi connectivity index (χ2n) is 6.18. The number of hydroxylamine groups is 1. The highest BCUT2D eigenvalue weighted by atomic mass is 16.5. The number of rotatable bonds is 6. The summed E-state index contributed by atoms with van der Waals surface area (Å²) < 4.78 is 0. The molecule has 1 aliphatic heterocycles. The van der Waals surface area contributed by atoms with E-state index in [-0.39, 0.29) is 0 Å². The van der Waals surface area contributed by atoms with Gasteiger partial charge in [-0.15, -0.1) is 0 Å². The fourth-order valence-electron chi connectivity index (χ4n) is 2.94. The molecule has 2 aromatic rings. The summed E-state index contributed by atoms with van der Waals surface area (Å²) in [5, 5.41) is 11.9. The lowest BCUT2D eigenvalue weighted by molar-refractivity contribution is -0.124. The first-order valence-electron chi connectivity index (χ1n) is 8.56. The maximum Gasteiger partial charge on any atom is 0.267 e. The van der Waals surface area contributed by atoms with Crippen molar-refractivity contribution in [2.45, 2.75) is 25.4 Å². The zero-order valence-corrected chi connectivity index (χ0v) is 14.4. The number of carbonyl (C=O) groups excluding carboxylic acids is 1. The molecule has 1 aliphatic rings. The average Bonchev–Trinajstić information content (AvgIpc) is 2.68. The fourth-order valence-corrected chi connectivity index (χ4v) is 2.94. The van der Waals surface area contributed by atoms with Crippen LogP contribution in [0.15, 0.2) is 42.9 Å². The Hall–Kier alpha value is -2.84. The highest BCUT2D eigenvalue weighted by Crippen LogP contribution is 2.16. The molecule has 26 heavy (non-hydrogen) atoms. The molecule has 3 rings (SSSR count). The Morgan fingerprint density at radius 3 is 2.96 bits per heavy atom. The highest BCUT2D eigenvalue weighted by Gasteiger charge is 2.20. The normalized spacial score (nSPS) is 18.0. The van der Waals surface area contributed by atoms with Gasteiger partial charge in [-0.3, -0.25) is 24.9 Å². The molecule has 136 valence electrons. The van der Waals surface area contributed by atoms with E-state index in [1.54, 1.807) is 12.4 Å². The Balaban J connectivity index is 1.53. The molecule has 0 unspecified atom stereocenters. The van der Waals surface area contributed by atoms with Gasteiger partial charge >= 0.3 is 0 Å². The quantitative estimate of drug-likeness (QED) is 0.410. The molecule has 0 aromatic carbocycles.